The topological polar surface area (TPSA) is 82.0 Å². The van der Waals surface area contributed by atoms with E-state index in [1.807, 2.05) is 60.7 Å². The molecule has 0 unspecified atom stereocenters. The van der Waals surface area contributed by atoms with E-state index < -0.39 is 0 Å². The van der Waals surface area contributed by atoms with Gasteiger partial charge in [0.15, 0.2) is 0 Å². The number of carbonyl (C=O) groups is 2. The quantitative estimate of drug-likeness (QED) is 0.475. The van der Waals surface area contributed by atoms with E-state index in [0.29, 0.717) is 0 Å². The normalized spacial score (nSPS) is 10.6. The Morgan fingerprint density at radius 1 is 0.828 bits per heavy atom. The summed E-state index contributed by atoms with van der Waals surface area (Å²) >= 11 is 0. The highest BCUT2D eigenvalue weighted by Crippen LogP contribution is 2.26. The summed E-state index contributed by atoms with van der Waals surface area (Å²) in [6.45, 7) is 0. The van der Waals surface area contributed by atoms with Gasteiger partial charge < -0.3 is 5.11 Å². The lowest BCUT2D eigenvalue weighted by Crippen LogP contribution is -2.27. The van der Waals surface area contributed by atoms with Crippen molar-refractivity contribution in [2.24, 2.45) is 5.10 Å². The van der Waals surface area contributed by atoms with Gasteiger partial charge in [0, 0.05) is 24.2 Å². The summed E-state index contributed by atoms with van der Waals surface area (Å²) in [6, 6.07) is 25.1. The Hall–Kier alpha value is -3.93. The molecule has 2 N–H and O–H groups in total. The van der Waals surface area contributed by atoms with Gasteiger partial charge in [0.2, 0.25) is 11.8 Å². The molecule has 0 saturated heterocycles. The van der Waals surface area contributed by atoms with Gasteiger partial charge in [0.1, 0.15) is 5.75 Å². The van der Waals surface area contributed by atoms with E-state index in [4.69, 9.17) is 0 Å². The van der Waals surface area contributed by atoms with Crippen molar-refractivity contribution in [1.29, 1.82) is 0 Å². The van der Waals surface area contributed by atoms with E-state index in [-0.39, 0.29) is 30.4 Å². The molecule has 0 aromatic heterocycles. The molecule has 3 aromatic carbocycles. The Labute approximate surface area is 169 Å². The van der Waals surface area contributed by atoms with Gasteiger partial charge in [0.25, 0.3) is 0 Å². The van der Waals surface area contributed by atoms with Crippen LogP contribution >= 0.6 is 0 Å². The average Bonchev–Trinajstić information content (AvgIpc) is 2.75. The molecule has 0 aliphatic carbocycles. The summed E-state index contributed by atoms with van der Waals surface area (Å²) in [4.78, 5) is 26.5. The van der Waals surface area contributed by atoms with Crippen molar-refractivity contribution in [3.05, 3.63) is 90.5 Å². The average molecular weight is 387 g/mol. The number of aromatic hydroxyl groups is 1. The number of anilines is 2. The van der Waals surface area contributed by atoms with Gasteiger partial charge in [-0.25, -0.2) is 5.43 Å². The van der Waals surface area contributed by atoms with Crippen LogP contribution in [0.25, 0.3) is 0 Å². The summed E-state index contributed by atoms with van der Waals surface area (Å²) in [6.07, 6.45) is 1.53. The van der Waals surface area contributed by atoms with E-state index in [2.05, 4.69) is 10.5 Å². The van der Waals surface area contributed by atoms with Crippen LogP contribution < -0.4 is 10.3 Å². The molecule has 0 spiro atoms. The fraction of sp³-hybridized carbons (Fsp3) is 0.0870. The number of para-hydroxylation sites is 2. The minimum Gasteiger partial charge on any atom is -0.508 e. The number of phenols is 1. The molecule has 0 bridgehead atoms. The first kappa shape index (κ1) is 19.8. The maximum atomic E-state index is 12.9. The number of hydrazone groups is 1. The van der Waals surface area contributed by atoms with E-state index in [1.165, 1.54) is 18.3 Å². The van der Waals surface area contributed by atoms with Gasteiger partial charge in [0.05, 0.1) is 6.21 Å². The Kier molecular flexibility index (Phi) is 6.73. The molecule has 0 heterocycles. The van der Waals surface area contributed by atoms with Crippen LogP contribution in [0.1, 0.15) is 18.4 Å². The highest BCUT2D eigenvalue weighted by atomic mass is 16.3. The van der Waals surface area contributed by atoms with Crippen molar-refractivity contribution in [2.75, 3.05) is 4.90 Å². The molecule has 0 fully saturated rings. The Balaban J connectivity index is 1.60. The van der Waals surface area contributed by atoms with Crippen LogP contribution in [0.15, 0.2) is 90.0 Å². The standard InChI is InChI=1S/C23H21N3O3/c27-21-13-11-18(12-14-21)17-24-25-22(28)15-16-23(29)26(19-7-3-1-4-8-19)20-9-5-2-6-10-20/h1-14,17,27H,15-16H2,(H,25,28)/b24-17-. The molecule has 0 saturated carbocycles. The van der Waals surface area contributed by atoms with Crippen LogP contribution in [-0.2, 0) is 9.59 Å². The zero-order valence-electron chi connectivity index (χ0n) is 15.7. The van der Waals surface area contributed by atoms with Gasteiger partial charge in [-0.2, -0.15) is 5.10 Å². The van der Waals surface area contributed by atoms with Crippen LogP contribution in [0.5, 0.6) is 5.75 Å². The minimum atomic E-state index is -0.352. The van der Waals surface area contributed by atoms with Crippen molar-refractivity contribution in [1.82, 2.24) is 5.43 Å². The number of hydrogen-bond donors (Lipinski definition) is 2. The van der Waals surface area contributed by atoms with E-state index >= 15 is 0 Å². The number of carbonyl (C=O) groups excluding carboxylic acids is 2. The Bertz CT molecular complexity index is 932. The van der Waals surface area contributed by atoms with Gasteiger partial charge >= 0.3 is 0 Å². The van der Waals surface area contributed by atoms with Gasteiger partial charge in [-0.1, -0.05) is 36.4 Å². The lowest BCUT2D eigenvalue weighted by atomic mass is 10.2. The molecule has 6 heteroatoms. The molecule has 0 radical (unpaired) electrons. The van der Waals surface area contributed by atoms with Crippen LogP contribution in [0, 0.1) is 0 Å². The van der Waals surface area contributed by atoms with Crippen LogP contribution in [0.2, 0.25) is 0 Å². The SMILES string of the molecule is O=C(CCC(=O)N(c1ccccc1)c1ccccc1)N/N=C\c1ccc(O)cc1. The van der Waals surface area contributed by atoms with Gasteiger partial charge in [-0.3, -0.25) is 14.5 Å². The Morgan fingerprint density at radius 2 is 1.38 bits per heavy atom. The van der Waals surface area contributed by atoms with Crippen LogP contribution in [0.4, 0.5) is 11.4 Å². The number of amides is 2. The van der Waals surface area contributed by atoms with E-state index in [0.717, 1.165) is 16.9 Å². The molecule has 0 aliphatic rings. The number of nitrogens with zero attached hydrogens (tertiary/aromatic N) is 2. The predicted molar refractivity (Wildman–Crippen MR) is 113 cm³/mol. The molecule has 146 valence electrons. The molecule has 2 amide bonds. The van der Waals surface area contributed by atoms with Crippen molar-refractivity contribution >= 4 is 29.4 Å². The number of rotatable bonds is 7. The predicted octanol–water partition coefficient (Wildman–Crippen LogP) is 3.99. The third kappa shape index (κ3) is 5.77. The summed E-state index contributed by atoms with van der Waals surface area (Å²) in [5, 5.41) is 13.1. The number of hydrogen-bond acceptors (Lipinski definition) is 4. The summed E-state index contributed by atoms with van der Waals surface area (Å²) in [5.74, 6) is -0.374. The first-order valence-corrected chi connectivity index (χ1v) is 9.17. The third-order valence-corrected chi connectivity index (χ3v) is 4.14. The fourth-order valence-corrected chi connectivity index (χ4v) is 2.72. The molecule has 3 rings (SSSR count). The fourth-order valence-electron chi connectivity index (χ4n) is 2.72. The van der Waals surface area contributed by atoms with E-state index in [9.17, 15) is 14.7 Å². The maximum absolute atomic E-state index is 12.9. The smallest absolute Gasteiger partial charge is 0.240 e. The van der Waals surface area contributed by atoms with Crippen molar-refractivity contribution < 1.29 is 14.7 Å². The molecule has 6 nitrogen and oxygen atoms in total. The molecular formula is C23H21N3O3. The first-order valence-electron chi connectivity index (χ1n) is 9.17. The highest BCUT2D eigenvalue weighted by Gasteiger charge is 2.18. The molecule has 3 aromatic rings. The van der Waals surface area contributed by atoms with E-state index in [1.54, 1.807) is 17.0 Å². The highest BCUT2D eigenvalue weighted by molar-refractivity contribution is 6.01. The zero-order chi connectivity index (χ0) is 20.5. The third-order valence-electron chi connectivity index (χ3n) is 4.14. The number of benzene rings is 3. The van der Waals surface area contributed by atoms with Crippen LogP contribution in [-0.4, -0.2) is 23.1 Å². The van der Waals surface area contributed by atoms with Gasteiger partial charge in [-0.05, 0) is 54.1 Å². The first-order chi connectivity index (χ1) is 14.1. The lowest BCUT2D eigenvalue weighted by molar-refractivity contribution is -0.124. The molecular weight excluding hydrogens is 366 g/mol. The monoisotopic (exact) mass is 387 g/mol. The zero-order valence-corrected chi connectivity index (χ0v) is 15.7. The van der Waals surface area contributed by atoms with Crippen molar-refractivity contribution in [2.45, 2.75) is 12.8 Å². The largest absolute Gasteiger partial charge is 0.508 e. The molecule has 29 heavy (non-hydrogen) atoms. The molecule has 0 atom stereocenters. The second kappa shape index (κ2) is 9.85. The Morgan fingerprint density at radius 3 is 1.93 bits per heavy atom. The summed E-state index contributed by atoms with van der Waals surface area (Å²) < 4.78 is 0. The summed E-state index contributed by atoms with van der Waals surface area (Å²) in [5.41, 5.74) is 4.64. The van der Waals surface area contributed by atoms with Crippen molar-refractivity contribution in [3.8, 4) is 5.75 Å². The number of phenolic OH excluding ortho intramolecular Hbond substituents is 1. The second-order valence-corrected chi connectivity index (χ2v) is 6.28. The molecule has 0 aliphatic heterocycles. The maximum Gasteiger partial charge on any atom is 0.240 e. The number of nitrogens with one attached hydrogen (secondary N) is 1. The second-order valence-electron chi connectivity index (χ2n) is 6.28. The summed E-state index contributed by atoms with van der Waals surface area (Å²) in [7, 11) is 0. The van der Waals surface area contributed by atoms with Crippen molar-refractivity contribution in [3.63, 3.8) is 0 Å². The minimum absolute atomic E-state index is 0.0158. The lowest BCUT2D eigenvalue weighted by Gasteiger charge is -2.23. The van der Waals surface area contributed by atoms with Gasteiger partial charge in [-0.15, -0.1) is 0 Å². The van der Waals surface area contributed by atoms with Crippen LogP contribution in [0.3, 0.4) is 0 Å².